The molecule has 0 bridgehead atoms. The first-order valence-electron chi connectivity index (χ1n) is 8.17. The summed E-state index contributed by atoms with van der Waals surface area (Å²) in [5.41, 5.74) is 1.45. The fourth-order valence-corrected chi connectivity index (χ4v) is 4.84. The van der Waals surface area contributed by atoms with Crippen molar-refractivity contribution in [3.05, 3.63) is 11.5 Å². The Morgan fingerprint density at radius 1 is 0.842 bits per heavy atom. The standard InChI is InChI=1S/C16H27BCl2/c18-12-11-16(13-19)17(14-7-3-1-4-8-14)15-9-5-2-6-10-15/h11,14-15H,1-10,12-13H2/b16-11+. The summed E-state index contributed by atoms with van der Waals surface area (Å²) in [4.78, 5) is 0. The molecular formula is C16H27BCl2. The Bertz CT molecular complexity index is 260. The van der Waals surface area contributed by atoms with E-state index >= 15 is 0 Å². The van der Waals surface area contributed by atoms with Crippen LogP contribution >= 0.6 is 23.2 Å². The van der Waals surface area contributed by atoms with Crippen LogP contribution in [0.2, 0.25) is 11.6 Å². The summed E-state index contributed by atoms with van der Waals surface area (Å²) >= 11 is 12.2. The van der Waals surface area contributed by atoms with Crippen LogP contribution in [0.15, 0.2) is 11.5 Å². The SMILES string of the molecule is ClC/C=C(\CCl)B(C1CCCCC1)C1CCCCC1. The van der Waals surface area contributed by atoms with Gasteiger partial charge in [-0.25, -0.2) is 0 Å². The fraction of sp³-hybridized carbons (Fsp3) is 0.875. The van der Waals surface area contributed by atoms with E-state index < -0.39 is 0 Å². The van der Waals surface area contributed by atoms with Crippen LogP contribution in [-0.4, -0.2) is 18.5 Å². The first-order valence-corrected chi connectivity index (χ1v) is 9.24. The van der Waals surface area contributed by atoms with Crippen molar-refractivity contribution < 1.29 is 0 Å². The van der Waals surface area contributed by atoms with Gasteiger partial charge in [0.25, 0.3) is 0 Å². The summed E-state index contributed by atoms with van der Waals surface area (Å²) in [6.45, 7) is 0.733. The van der Waals surface area contributed by atoms with Crippen LogP contribution in [0.1, 0.15) is 64.2 Å². The van der Waals surface area contributed by atoms with E-state index in [1.54, 1.807) is 0 Å². The van der Waals surface area contributed by atoms with Crippen molar-refractivity contribution in [3.8, 4) is 0 Å². The van der Waals surface area contributed by atoms with Crippen LogP contribution in [0.25, 0.3) is 0 Å². The van der Waals surface area contributed by atoms with Crippen molar-refractivity contribution in [3.63, 3.8) is 0 Å². The maximum atomic E-state index is 6.25. The maximum Gasteiger partial charge on any atom is 0.178 e. The minimum absolute atomic E-state index is 0.623. The van der Waals surface area contributed by atoms with Crippen LogP contribution in [0.5, 0.6) is 0 Å². The summed E-state index contributed by atoms with van der Waals surface area (Å²) in [6, 6.07) is 0. The van der Waals surface area contributed by atoms with Gasteiger partial charge in [-0.3, -0.25) is 0 Å². The average molecular weight is 301 g/mol. The van der Waals surface area contributed by atoms with E-state index in [4.69, 9.17) is 23.2 Å². The fourth-order valence-electron chi connectivity index (χ4n) is 4.36. The smallest absolute Gasteiger partial charge is 0.123 e. The van der Waals surface area contributed by atoms with Crippen molar-refractivity contribution in [2.24, 2.45) is 0 Å². The third-order valence-corrected chi connectivity index (χ3v) is 5.70. The van der Waals surface area contributed by atoms with Crippen molar-refractivity contribution in [2.75, 3.05) is 11.8 Å². The number of hydrogen-bond donors (Lipinski definition) is 0. The predicted molar refractivity (Wildman–Crippen MR) is 88.9 cm³/mol. The van der Waals surface area contributed by atoms with Crippen LogP contribution < -0.4 is 0 Å². The molecule has 0 spiro atoms. The van der Waals surface area contributed by atoms with Crippen molar-refractivity contribution in [2.45, 2.75) is 75.8 Å². The Labute approximate surface area is 129 Å². The van der Waals surface area contributed by atoms with E-state index in [9.17, 15) is 0 Å². The first-order chi connectivity index (χ1) is 9.36. The Morgan fingerprint density at radius 2 is 1.32 bits per heavy atom. The van der Waals surface area contributed by atoms with Gasteiger partial charge in [-0.15, -0.1) is 23.2 Å². The van der Waals surface area contributed by atoms with Crippen molar-refractivity contribution >= 4 is 29.9 Å². The van der Waals surface area contributed by atoms with Crippen molar-refractivity contribution in [1.82, 2.24) is 0 Å². The molecule has 0 saturated heterocycles. The van der Waals surface area contributed by atoms with Gasteiger partial charge in [0.1, 0.15) is 0 Å². The number of halogens is 2. The van der Waals surface area contributed by atoms with Crippen LogP contribution in [-0.2, 0) is 0 Å². The number of hydrogen-bond acceptors (Lipinski definition) is 0. The molecule has 2 rings (SSSR count). The van der Waals surface area contributed by atoms with Gasteiger partial charge in [0, 0.05) is 11.8 Å². The molecule has 0 atom stereocenters. The molecule has 0 aromatic carbocycles. The molecule has 0 aromatic heterocycles. The minimum Gasteiger partial charge on any atom is -0.123 e. The zero-order chi connectivity index (χ0) is 13.5. The van der Waals surface area contributed by atoms with Crippen molar-refractivity contribution in [1.29, 1.82) is 0 Å². The van der Waals surface area contributed by atoms with E-state index in [1.807, 2.05) is 0 Å². The van der Waals surface area contributed by atoms with Gasteiger partial charge in [0.05, 0.1) is 0 Å². The average Bonchev–Trinajstić information content (AvgIpc) is 2.49. The second-order valence-corrected chi connectivity index (χ2v) is 6.96. The van der Waals surface area contributed by atoms with E-state index in [1.165, 1.54) is 69.7 Å². The minimum atomic E-state index is 0.623. The molecule has 3 heteroatoms. The number of allylic oxidation sites excluding steroid dienone is 2. The Balaban J connectivity index is 2.12. The Kier molecular flexibility index (Phi) is 7.16. The molecule has 0 N–H and O–H groups in total. The largest absolute Gasteiger partial charge is 0.178 e. The van der Waals surface area contributed by atoms with Crippen LogP contribution in [0, 0.1) is 0 Å². The molecule has 108 valence electrons. The zero-order valence-electron chi connectivity index (χ0n) is 12.1. The summed E-state index contributed by atoms with van der Waals surface area (Å²) in [6.07, 6.45) is 16.4. The van der Waals surface area contributed by atoms with Crippen LogP contribution in [0.3, 0.4) is 0 Å². The molecule has 2 fully saturated rings. The molecule has 19 heavy (non-hydrogen) atoms. The highest BCUT2D eigenvalue weighted by Gasteiger charge is 2.36. The highest BCUT2D eigenvalue weighted by atomic mass is 35.5. The molecule has 0 amide bonds. The maximum absolute atomic E-state index is 6.25. The lowest BCUT2D eigenvalue weighted by Gasteiger charge is -2.36. The lowest BCUT2D eigenvalue weighted by molar-refractivity contribution is 0.463. The quantitative estimate of drug-likeness (QED) is 0.425. The highest BCUT2D eigenvalue weighted by Crippen LogP contribution is 2.44. The van der Waals surface area contributed by atoms with Gasteiger partial charge in [-0.05, 0) is 0 Å². The normalized spacial score (nSPS) is 23.6. The van der Waals surface area contributed by atoms with Gasteiger partial charge < -0.3 is 0 Å². The summed E-state index contributed by atoms with van der Waals surface area (Å²) < 4.78 is 0. The molecule has 0 nitrogen and oxygen atoms in total. The lowest BCUT2D eigenvalue weighted by atomic mass is 9.27. The molecule has 2 aliphatic rings. The van der Waals surface area contributed by atoms with Gasteiger partial charge in [-0.1, -0.05) is 87.4 Å². The Morgan fingerprint density at radius 3 is 1.68 bits per heavy atom. The molecule has 0 aliphatic heterocycles. The molecule has 0 aromatic rings. The monoisotopic (exact) mass is 300 g/mol. The third kappa shape index (κ3) is 4.43. The third-order valence-electron chi connectivity index (χ3n) is 5.24. The van der Waals surface area contributed by atoms with E-state index in [2.05, 4.69) is 6.08 Å². The molecule has 0 radical (unpaired) electrons. The lowest BCUT2D eigenvalue weighted by Crippen LogP contribution is -2.33. The molecule has 0 unspecified atom stereocenters. The Hall–Kier alpha value is 0.385. The second-order valence-electron chi connectivity index (χ2n) is 6.39. The van der Waals surface area contributed by atoms with Gasteiger partial charge in [0.15, 0.2) is 6.71 Å². The topological polar surface area (TPSA) is 0 Å². The molecule has 0 heterocycles. The molecule has 2 aliphatic carbocycles. The summed E-state index contributed by atoms with van der Waals surface area (Å²) in [5, 5.41) is 0. The summed E-state index contributed by atoms with van der Waals surface area (Å²) in [7, 11) is 0. The summed E-state index contributed by atoms with van der Waals surface area (Å²) in [5.74, 6) is 3.07. The second kappa shape index (κ2) is 8.62. The zero-order valence-corrected chi connectivity index (χ0v) is 13.6. The first kappa shape index (κ1) is 15.8. The van der Waals surface area contributed by atoms with Gasteiger partial charge in [0.2, 0.25) is 0 Å². The molecule has 2 saturated carbocycles. The highest BCUT2D eigenvalue weighted by molar-refractivity contribution is 6.71. The van der Waals surface area contributed by atoms with E-state index in [0.29, 0.717) is 11.8 Å². The van der Waals surface area contributed by atoms with Gasteiger partial charge >= 0.3 is 0 Å². The predicted octanol–water partition coefficient (Wildman–Crippen LogP) is 6.09. The van der Waals surface area contributed by atoms with E-state index in [-0.39, 0.29) is 0 Å². The molecular weight excluding hydrogens is 274 g/mol. The van der Waals surface area contributed by atoms with E-state index in [0.717, 1.165) is 18.3 Å². The number of rotatable bonds is 5. The van der Waals surface area contributed by atoms with Gasteiger partial charge in [-0.2, -0.15) is 0 Å². The van der Waals surface area contributed by atoms with Crippen LogP contribution in [0.4, 0.5) is 0 Å². The number of alkyl halides is 2.